The van der Waals surface area contributed by atoms with Gasteiger partial charge < -0.3 is 8.37 Å². The van der Waals surface area contributed by atoms with Crippen molar-refractivity contribution in [3.05, 3.63) is 47.5 Å². The summed E-state index contributed by atoms with van der Waals surface area (Å²) in [5.41, 5.74) is 4.22. The minimum absolute atomic E-state index is 0.0636. The molecule has 0 aliphatic heterocycles. The Morgan fingerprint density at radius 1 is 0.765 bits per heavy atom. The molecular formula is C24H24N2O4S4. The number of carbonyl (C=O) groups is 2. The van der Waals surface area contributed by atoms with E-state index in [1.165, 1.54) is 33.8 Å². The van der Waals surface area contributed by atoms with Crippen molar-refractivity contribution in [3.8, 4) is 0 Å². The normalized spacial score (nSPS) is 11.6. The van der Waals surface area contributed by atoms with Crippen LogP contribution in [0.5, 0.6) is 0 Å². The Balaban J connectivity index is 1.25. The molecule has 4 rings (SSSR count). The van der Waals surface area contributed by atoms with Gasteiger partial charge in [-0.05, 0) is 35.1 Å². The molecule has 0 atom stereocenters. The molecule has 34 heavy (non-hydrogen) atoms. The molecular weight excluding hydrogens is 509 g/mol. The Labute approximate surface area is 214 Å². The van der Waals surface area contributed by atoms with Gasteiger partial charge in [-0.2, -0.15) is 0 Å². The number of aromatic nitrogens is 2. The highest BCUT2D eigenvalue weighted by atomic mass is 32.2. The number of thiazole rings is 2. The third-order valence-electron chi connectivity index (χ3n) is 5.05. The quantitative estimate of drug-likeness (QED) is 0.203. The SMILES string of the molecule is CC(C)c1cccc2sc(SOC(=O)CCC(=O)OSc3nc4c(C(C)C)cccc4s3)nc12. The zero-order chi connectivity index (χ0) is 24.2. The van der Waals surface area contributed by atoms with Gasteiger partial charge in [0.2, 0.25) is 0 Å². The first-order chi connectivity index (χ1) is 16.3. The lowest BCUT2D eigenvalue weighted by Crippen LogP contribution is -2.05. The van der Waals surface area contributed by atoms with Crippen molar-refractivity contribution in [2.24, 2.45) is 0 Å². The van der Waals surface area contributed by atoms with Gasteiger partial charge in [-0.1, -0.05) is 52.0 Å². The van der Waals surface area contributed by atoms with Gasteiger partial charge in [-0.15, -0.1) is 22.7 Å². The van der Waals surface area contributed by atoms with E-state index >= 15 is 0 Å². The van der Waals surface area contributed by atoms with Crippen LogP contribution in [-0.4, -0.2) is 21.9 Å². The summed E-state index contributed by atoms with van der Waals surface area (Å²) in [4.78, 5) is 33.4. The molecule has 10 heteroatoms. The fourth-order valence-corrected chi connectivity index (χ4v) is 6.58. The fraction of sp³-hybridized carbons (Fsp3) is 0.333. The molecule has 0 aliphatic carbocycles. The van der Waals surface area contributed by atoms with Crippen LogP contribution in [0.2, 0.25) is 0 Å². The van der Waals surface area contributed by atoms with Gasteiger partial charge in [0.25, 0.3) is 0 Å². The molecule has 0 amide bonds. The molecule has 0 N–H and O–H groups in total. The highest BCUT2D eigenvalue weighted by molar-refractivity contribution is 7.97. The number of rotatable bonds is 9. The molecule has 6 nitrogen and oxygen atoms in total. The Morgan fingerprint density at radius 3 is 1.56 bits per heavy atom. The number of benzene rings is 2. The number of nitrogens with zero attached hydrogens (tertiary/aromatic N) is 2. The predicted octanol–water partition coefficient (Wildman–Crippen LogP) is 7.73. The lowest BCUT2D eigenvalue weighted by Gasteiger charge is -2.04. The first-order valence-corrected chi connectivity index (χ1v) is 14.0. The molecule has 0 aliphatic rings. The minimum Gasteiger partial charge on any atom is -0.383 e. The third-order valence-corrected chi connectivity index (χ3v) is 8.60. The molecule has 4 aromatic rings. The van der Waals surface area contributed by atoms with Gasteiger partial charge in [-0.3, -0.25) is 9.59 Å². The van der Waals surface area contributed by atoms with Crippen LogP contribution in [-0.2, 0) is 18.0 Å². The van der Waals surface area contributed by atoms with E-state index in [1.807, 2.05) is 24.3 Å². The monoisotopic (exact) mass is 532 g/mol. The summed E-state index contributed by atoms with van der Waals surface area (Å²) < 4.78 is 13.9. The van der Waals surface area contributed by atoms with E-state index in [4.69, 9.17) is 8.37 Å². The minimum atomic E-state index is -0.489. The maximum atomic E-state index is 12.1. The molecule has 0 spiro atoms. The molecule has 2 aromatic heterocycles. The lowest BCUT2D eigenvalue weighted by atomic mass is 10.0. The van der Waals surface area contributed by atoms with Gasteiger partial charge in [0.15, 0.2) is 8.68 Å². The summed E-state index contributed by atoms with van der Waals surface area (Å²) in [7, 11) is 0. The highest BCUT2D eigenvalue weighted by Crippen LogP contribution is 2.35. The highest BCUT2D eigenvalue weighted by Gasteiger charge is 2.16. The summed E-state index contributed by atoms with van der Waals surface area (Å²) in [5.74, 6) is -0.265. The van der Waals surface area contributed by atoms with E-state index in [0.717, 1.165) is 44.5 Å². The predicted molar refractivity (Wildman–Crippen MR) is 141 cm³/mol. The van der Waals surface area contributed by atoms with E-state index in [9.17, 15) is 9.59 Å². The Hall–Kier alpha value is -2.14. The van der Waals surface area contributed by atoms with Gasteiger partial charge in [-0.25, -0.2) is 9.97 Å². The van der Waals surface area contributed by atoms with E-state index in [0.29, 0.717) is 20.5 Å². The number of hydrogen-bond acceptors (Lipinski definition) is 10. The Morgan fingerprint density at radius 2 is 1.18 bits per heavy atom. The van der Waals surface area contributed by atoms with Crippen LogP contribution in [0.1, 0.15) is 63.5 Å². The van der Waals surface area contributed by atoms with Crippen LogP contribution in [0.4, 0.5) is 0 Å². The van der Waals surface area contributed by atoms with Crippen molar-refractivity contribution in [1.29, 1.82) is 0 Å². The molecule has 178 valence electrons. The molecule has 0 unspecified atom stereocenters. The lowest BCUT2D eigenvalue weighted by molar-refractivity contribution is -0.139. The second kappa shape index (κ2) is 11.1. The van der Waals surface area contributed by atoms with E-state index < -0.39 is 11.9 Å². The molecule has 2 heterocycles. The number of hydrogen-bond donors (Lipinski definition) is 0. The van der Waals surface area contributed by atoms with Crippen molar-refractivity contribution in [1.82, 2.24) is 9.97 Å². The van der Waals surface area contributed by atoms with Gasteiger partial charge >= 0.3 is 11.9 Å². The Kier molecular flexibility index (Phi) is 8.13. The van der Waals surface area contributed by atoms with Gasteiger partial charge in [0.1, 0.15) is 24.1 Å². The van der Waals surface area contributed by atoms with Crippen LogP contribution in [0.25, 0.3) is 20.4 Å². The second-order valence-electron chi connectivity index (χ2n) is 8.23. The molecule has 0 saturated heterocycles. The maximum Gasteiger partial charge on any atom is 0.318 e. The van der Waals surface area contributed by atoms with Crippen LogP contribution >= 0.6 is 46.8 Å². The second-order valence-corrected chi connectivity index (χ2v) is 12.3. The van der Waals surface area contributed by atoms with Crippen LogP contribution in [0, 0.1) is 0 Å². The molecule has 0 saturated carbocycles. The zero-order valence-corrected chi connectivity index (χ0v) is 22.5. The number of para-hydroxylation sites is 2. The number of carbonyl (C=O) groups excluding carboxylic acids is 2. The van der Waals surface area contributed by atoms with E-state index in [1.54, 1.807) is 0 Å². The summed E-state index contributed by atoms with van der Waals surface area (Å²) in [6.45, 7) is 8.49. The molecule has 0 fully saturated rings. The van der Waals surface area contributed by atoms with Gasteiger partial charge in [0.05, 0.1) is 33.3 Å². The smallest absolute Gasteiger partial charge is 0.318 e. The molecule has 0 bridgehead atoms. The first-order valence-electron chi connectivity index (χ1n) is 10.9. The van der Waals surface area contributed by atoms with Crippen molar-refractivity contribution < 1.29 is 18.0 Å². The Bertz CT molecular complexity index is 1230. The number of fused-ring (bicyclic) bond motifs is 2. The maximum absolute atomic E-state index is 12.1. The topological polar surface area (TPSA) is 78.4 Å². The standard InChI is InChI=1S/C24H24N2O4S4/c1-13(2)15-7-5-9-17-21(15)25-23(31-17)33-29-19(27)11-12-20(28)30-34-24-26-22-16(14(3)4)8-6-10-18(22)32-24/h5-10,13-14H,11-12H2,1-4H3. The van der Waals surface area contributed by atoms with Crippen molar-refractivity contribution in [3.63, 3.8) is 0 Å². The van der Waals surface area contributed by atoms with E-state index in [2.05, 4.69) is 49.8 Å². The van der Waals surface area contributed by atoms with Crippen molar-refractivity contribution >= 4 is 79.1 Å². The summed E-state index contributed by atoms with van der Waals surface area (Å²) in [6, 6.07) is 12.2. The van der Waals surface area contributed by atoms with Crippen molar-refractivity contribution in [2.45, 2.75) is 61.1 Å². The first kappa shape index (κ1) is 25.0. The average molecular weight is 533 g/mol. The molecule has 0 radical (unpaired) electrons. The summed E-state index contributed by atoms with van der Waals surface area (Å²) in [5, 5.41) is 0. The molecule has 2 aromatic carbocycles. The van der Waals surface area contributed by atoms with Gasteiger partial charge in [0, 0.05) is 0 Å². The van der Waals surface area contributed by atoms with Crippen LogP contribution in [0.15, 0.2) is 45.1 Å². The average Bonchev–Trinajstić information content (AvgIpc) is 3.42. The van der Waals surface area contributed by atoms with Crippen molar-refractivity contribution in [2.75, 3.05) is 0 Å². The van der Waals surface area contributed by atoms with Crippen LogP contribution in [0.3, 0.4) is 0 Å². The zero-order valence-electron chi connectivity index (χ0n) is 19.2. The largest absolute Gasteiger partial charge is 0.383 e. The fourth-order valence-electron chi connectivity index (χ4n) is 3.35. The summed E-state index contributed by atoms with van der Waals surface area (Å²) in [6.07, 6.45) is -0.127. The third kappa shape index (κ3) is 5.91. The summed E-state index contributed by atoms with van der Waals surface area (Å²) >= 11 is 4.83. The van der Waals surface area contributed by atoms with Crippen LogP contribution < -0.4 is 0 Å². The van der Waals surface area contributed by atoms with E-state index in [-0.39, 0.29) is 12.8 Å².